The summed E-state index contributed by atoms with van der Waals surface area (Å²) < 4.78 is 7.35. The molecule has 6 nitrogen and oxygen atoms in total. The molecule has 27 heavy (non-hydrogen) atoms. The molecule has 1 saturated heterocycles. The van der Waals surface area contributed by atoms with Gasteiger partial charge in [0.2, 0.25) is 5.91 Å². The van der Waals surface area contributed by atoms with E-state index < -0.39 is 0 Å². The van der Waals surface area contributed by atoms with Gasteiger partial charge in [0.05, 0.1) is 25.5 Å². The standard InChI is InChI=1S/C21H30N4O2/c1-21(2,3)20-22-13-17(24(20)5)19-23(4)14-18(26)25(19)12-11-15-7-9-16(27-6)10-8-15/h7-10,13,19H,11-12,14H2,1-6H3. The lowest BCUT2D eigenvalue weighted by atomic mass is 9.96. The van der Waals surface area contributed by atoms with Crippen LogP contribution < -0.4 is 4.74 Å². The molecule has 6 heteroatoms. The highest BCUT2D eigenvalue weighted by Gasteiger charge is 2.38. The number of imidazole rings is 1. The third-order valence-electron chi connectivity index (χ3n) is 5.18. The minimum atomic E-state index is -0.0793. The van der Waals surface area contributed by atoms with Crippen LogP contribution in [0.15, 0.2) is 30.5 Å². The number of carbonyl (C=O) groups excluding carboxylic acids is 1. The van der Waals surface area contributed by atoms with Crippen LogP contribution in [0.2, 0.25) is 0 Å². The molecule has 0 spiro atoms. The molecule has 0 radical (unpaired) electrons. The molecule has 1 aliphatic heterocycles. The molecule has 146 valence electrons. The summed E-state index contributed by atoms with van der Waals surface area (Å²) in [6.07, 6.45) is 2.65. The Bertz CT molecular complexity index is 805. The highest BCUT2D eigenvalue weighted by molar-refractivity contribution is 5.80. The molecule has 0 bridgehead atoms. The number of amides is 1. The van der Waals surface area contributed by atoms with Crippen molar-refractivity contribution >= 4 is 5.91 Å². The van der Waals surface area contributed by atoms with Gasteiger partial charge in [-0.3, -0.25) is 9.69 Å². The van der Waals surface area contributed by atoms with Gasteiger partial charge >= 0.3 is 0 Å². The van der Waals surface area contributed by atoms with E-state index in [4.69, 9.17) is 4.74 Å². The topological polar surface area (TPSA) is 50.6 Å². The fourth-order valence-electron chi connectivity index (χ4n) is 3.80. The van der Waals surface area contributed by atoms with Crippen molar-refractivity contribution in [2.45, 2.75) is 38.8 Å². The van der Waals surface area contributed by atoms with E-state index in [-0.39, 0.29) is 17.5 Å². The lowest BCUT2D eigenvalue weighted by Gasteiger charge is -2.29. The van der Waals surface area contributed by atoms with Crippen molar-refractivity contribution in [3.63, 3.8) is 0 Å². The summed E-state index contributed by atoms with van der Waals surface area (Å²) in [5.41, 5.74) is 2.21. The van der Waals surface area contributed by atoms with Gasteiger partial charge < -0.3 is 14.2 Å². The lowest BCUT2D eigenvalue weighted by Crippen LogP contribution is -2.34. The maximum Gasteiger partial charge on any atom is 0.238 e. The molecule has 1 aromatic carbocycles. The smallest absolute Gasteiger partial charge is 0.238 e. The zero-order valence-corrected chi connectivity index (χ0v) is 17.2. The van der Waals surface area contributed by atoms with Crippen LogP contribution in [0.5, 0.6) is 5.75 Å². The van der Waals surface area contributed by atoms with Crippen LogP contribution in [0.25, 0.3) is 0 Å². The van der Waals surface area contributed by atoms with Crippen LogP contribution in [0.3, 0.4) is 0 Å². The van der Waals surface area contributed by atoms with Crippen molar-refractivity contribution in [3.05, 3.63) is 47.5 Å². The largest absolute Gasteiger partial charge is 0.497 e. The van der Waals surface area contributed by atoms with Crippen molar-refractivity contribution in [2.75, 3.05) is 27.2 Å². The molecule has 1 aliphatic rings. The molecule has 1 amide bonds. The number of ether oxygens (including phenoxy) is 1. The summed E-state index contributed by atoms with van der Waals surface area (Å²) in [5.74, 6) is 2.04. The normalized spacial score (nSPS) is 18.4. The first kappa shape index (κ1) is 19.4. The molecule has 0 saturated carbocycles. The zero-order valence-electron chi connectivity index (χ0n) is 17.2. The van der Waals surface area contributed by atoms with Crippen molar-refractivity contribution < 1.29 is 9.53 Å². The summed E-state index contributed by atoms with van der Waals surface area (Å²) in [7, 11) is 5.71. The summed E-state index contributed by atoms with van der Waals surface area (Å²) in [5, 5.41) is 0. The van der Waals surface area contributed by atoms with E-state index in [1.165, 1.54) is 5.56 Å². The second kappa shape index (κ2) is 7.35. The predicted molar refractivity (Wildman–Crippen MR) is 106 cm³/mol. The maximum atomic E-state index is 12.6. The molecular formula is C21H30N4O2. The molecule has 0 aliphatic carbocycles. The Kier molecular flexibility index (Phi) is 5.29. The highest BCUT2D eigenvalue weighted by Crippen LogP contribution is 2.32. The number of methoxy groups -OCH3 is 1. The first-order valence-electron chi connectivity index (χ1n) is 9.37. The molecular weight excluding hydrogens is 340 g/mol. The number of likely N-dealkylation sites (N-methyl/N-ethyl adjacent to an activating group) is 1. The van der Waals surface area contributed by atoms with E-state index in [9.17, 15) is 4.79 Å². The fraction of sp³-hybridized carbons (Fsp3) is 0.524. The van der Waals surface area contributed by atoms with E-state index in [0.717, 1.165) is 23.7 Å². The monoisotopic (exact) mass is 370 g/mol. The van der Waals surface area contributed by atoms with Crippen LogP contribution in [-0.4, -0.2) is 52.5 Å². The summed E-state index contributed by atoms with van der Waals surface area (Å²) >= 11 is 0. The van der Waals surface area contributed by atoms with Crippen molar-refractivity contribution in [1.82, 2.24) is 19.4 Å². The zero-order chi connectivity index (χ0) is 19.8. The summed E-state index contributed by atoms with van der Waals surface area (Å²) in [6.45, 7) is 7.58. The fourth-order valence-corrected chi connectivity index (χ4v) is 3.80. The number of hydrogen-bond donors (Lipinski definition) is 0. The number of carbonyl (C=O) groups is 1. The van der Waals surface area contributed by atoms with E-state index >= 15 is 0 Å². The predicted octanol–water partition coefficient (Wildman–Crippen LogP) is 2.74. The van der Waals surface area contributed by atoms with E-state index in [1.54, 1.807) is 7.11 Å². The molecule has 1 atom stereocenters. The van der Waals surface area contributed by atoms with Gasteiger partial charge in [-0.15, -0.1) is 0 Å². The minimum absolute atomic E-state index is 0.0396. The van der Waals surface area contributed by atoms with E-state index in [2.05, 4.69) is 47.4 Å². The lowest BCUT2D eigenvalue weighted by molar-refractivity contribution is -0.128. The number of rotatable bonds is 5. The Labute approximate surface area is 161 Å². The van der Waals surface area contributed by atoms with Crippen LogP contribution >= 0.6 is 0 Å². The maximum absolute atomic E-state index is 12.6. The molecule has 1 aromatic heterocycles. The van der Waals surface area contributed by atoms with Crippen molar-refractivity contribution in [3.8, 4) is 5.75 Å². The Morgan fingerprint density at radius 3 is 2.41 bits per heavy atom. The number of aromatic nitrogens is 2. The Morgan fingerprint density at radius 2 is 1.85 bits per heavy atom. The quantitative estimate of drug-likeness (QED) is 0.812. The SMILES string of the molecule is COc1ccc(CCN2C(=O)CN(C)C2c2cnc(C(C)(C)C)n2C)cc1. The average molecular weight is 370 g/mol. The van der Waals surface area contributed by atoms with Crippen LogP contribution in [0.4, 0.5) is 0 Å². The van der Waals surface area contributed by atoms with Gasteiger partial charge in [-0.25, -0.2) is 4.98 Å². The number of hydrogen-bond acceptors (Lipinski definition) is 4. The van der Waals surface area contributed by atoms with Crippen LogP contribution in [-0.2, 0) is 23.7 Å². The van der Waals surface area contributed by atoms with Crippen molar-refractivity contribution in [1.29, 1.82) is 0 Å². The molecule has 0 N–H and O–H groups in total. The van der Waals surface area contributed by atoms with E-state index in [0.29, 0.717) is 13.1 Å². The first-order valence-corrected chi connectivity index (χ1v) is 9.37. The van der Waals surface area contributed by atoms with Gasteiger partial charge in [-0.2, -0.15) is 0 Å². The van der Waals surface area contributed by atoms with Crippen LogP contribution in [0, 0.1) is 0 Å². The Balaban J connectivity index is 1.81. The summed E-state index contributed by atoms with van der Waals surface area (Å²) in [4.78, 5) is 21.4. The van der Waals surface area contributed by atoms with Crippen molar-refractivity contribution in [2.24, 2.45) is 7.05 Å². The third kappa shape index (κ3) is 3.86. The Morgan fingerprint density at radius 1 is 1.19 bits per heavy atom. The Hall–Kier alpha value is -2.34. The molecule has 1 fully saturated rings. The second-order valence-electron chi connectivity index (χ2n) is 8.29. The summed E-state index contributed by atoms with van der Waals surface area (Å²) in [6, 6.07) is 8.03. The van der Waals surface area contributed by atoms with Gasteiger partial charge in [0, 0.05) is 19.0 Å². The van der Waals surface area contributed by atoms with Gasteiger partial charge in [0.15, 0.2) is 0 Å². The molecule has 3 rings (SSSR count). The first-order chi connectivity index (χ1) is 12.7. The van der Waals surface area contributed by atoms with Crippen LogP contribution in [0.1, 0.15) is 44.0 Å². The van der Waals surface area contributed by atoms with Gasteiger partial charge in [-0.1, -0.05) is 32.9 Å². The molecule has 2 heterocycles. The number of nitrogens with zero attached hydrogens (tertiary/aromatic N) is 4. The molecule has 1 unspecified atom stereocenters. The molecule has 2 aromatic rings. The third-order valence-corrected chi connectivity index (χ3v) is 5.18. The second-order valence-corrected chi connectivity index (χ2v) is 8.29. The van der Waals surface area contributed by atoms with Gasteiger partial charge in [0.1, 0.15) is 17.7 Å². The van der Waals surface area contributed by atoms with Gasteiger partial charge in [0.25, 0.3) is 0 Å². The minimum Gasteiger partial charge on any atom is -0.497 e. The highest BCUT2D eigenvalue weighted by atomic mass is 16.5. The number of benzene rings is 1. The average Bonchev–Trinajstić information content (AvgIpc) is 3.12. The van der Waals surface area contributed by atoms with Gasteiger partial charge in [-0.05, 0) is 31.2 Å². The van der Waals surface area contributed by atoms with E-state index in [1.807, 2.05) is 37.3 Å².